The average molecular weight is 465 g/mol. The Morgan fingerprint density at radius 2 is 1.47 bits per heavy atom. The molecule has 0 aliphatic rings. The van der Waals surface area contributed by atoms with Gasteiger partial charge in [-0.25, -0.2) is 0 Å². The van der Waals surface area contributed by atoms with Gasteiger partial charge in [-0.1, -0.05) is 77.8 Å². The van der Waals surface area contributed by atoms with Gasteiger partial charge >= 0.3 is 0 Å². The number of amides is 2. The van der Waals surface area contributed by atoms with Gasteiger partial charge in [0.2, 0.25) is 5.91 Å². The van der Waals surface area contributed by atoms with Crippen LogP contribution in [0.5, 0.6) is 0 Å². The Hall–Kier alpha value is -3.66. The highest BCUT2D eigenvalue weighted by Crippen LogP contribution is 2.28. The third kappa shape index (κ3) is 5.33. The predicted molar refractivity (Wildman–Crippen MR) is 125 cm³/mol. The molecule has 0 unspecified atom stereocenters. The smallest absolute Gasteiger partial charge is 0.251 e. The molecule has 3 aromatic carbocycles. The first-order valence-corrected chi connectivity index (χ1v) is 10.3. The van der Waals surface area contributed by atoms with Crippen molar-refractivity contribution in [2.75, 3.05) is 0 Å². The highest BCUT2D eigenvalue weighted by molar-refractivity contribution is 6.41. The first-order chi connectivity index (χ1) is 15.4. The Morgan fingerprint density at radius 3 is 2.00 bits per heavy atom. The van der Waals surface area contributed by atoms with Crippen molar-refractivity contribution in [1.82, 2.24) is 5.32 Å². The topological polar surface area (TPSA) is 108 Å². The standard InChI is InChI=1S/C24H18Cl2N4O2/c25-17-12-7-13-18(26)20(17)19(14-27)29-21(15-8-3-1-4-9-15)22(23(28)31)30-24(32)16-10-5-2-6-11-16/h1-13,21-22H,(H2,28,31)(H,30,32)/t21-,22-/m1/s1. The number of primary amides is 1. The number of hydrogen-bond donors (Lipinski definition) is 2. The van der Waals surface area contributed by atoms with Crippen LogP contribution in [0.4, 0.5) is 0 Å². The monoisotopic (exact) mass is 464 g/mol. The average Bonchev–Trinajstić information content (AvgIpc) is 2.80. The number of nitrogens with zero attached hydrogens (tertiary/aromatic N) is 2. The molecule has 3 aromatic rings. The van der Waals surface area contributed by atoms with Crippen molar-refractivity contribution in [2.24, 2.45) is 10.7 Å². The lowest BCUT2D eigenvalue weighted by Gasteiger charge is -2.24. The molecule has 3 rings (SSSR count). The van der Waals surface area contributed by atoms with E-state index in [1.807, 2.05) is 6.07 Å². The Kier molecular flexibility index (Phi) is 7.61. The number of rotatable bonds is 7. The maximum Gasteiger partial charge on any atom is 0.251 e. The van der Waals surface area contributed by atoms with Gasteiger partial charge in [-0.2, -0.15) is 5.26 Å². The van der Waals surface area contributed by atoms with Crippen molar-refractivity contribution < 1.29 is 9.59 Å². The number of halogens is 2. The summed E-state index contributed by atoms with van der Waals surface area (Å²) in [6.07, 6.45) is 0. The molecule has 6 nitrogen and oxygen atoms in total. The van der Waals surface area contributed by atoms with Crippen LogP contribution >= 0.6 is 23.2 Å². The normalized spacial score (nSPS) is 13.0. The van der Waals surface area contributed by atoms with Gasteiger partial charge in [0, 0.05) is 11.1 Å². The minimum atomic E-state index is -1.24. The van der Waals surface area contributed by atoms with E-state index in [9.17, 15) is 14.9 Å². The van der Waals surface area contributed by atoms with E-state index in [-0.39, 0.29) is 21.3 Å². The molecule has 2 amide bonds. The van der Waals surface area contributed by atoms with E-state index in [2.05, 4.69) is 10.3 Å². The summed E-state index contributed by atoms with van der Waals surface area (Å²) in [5.74, 6) is -1.31. The van der Waals surface area contributed by atoms with Gasteiger partial charge in [-0.15, -0.1) is 0 Å². The van der Waals surface area contributed by atoms with Crippen LogP contribution < -0.4 is 11.1 Å². The van der Waals surface area contributed by atoms with Gasteiger partial charge in [0.05, 0.1) is 10.0 Å². The molecular weight excluding hydrogens is 447 g/mol. The molecule has 32 heavy (non-hydrogen) atoms. The fourth-order valence-corrected chi connectivity index (χ4v) is 3.70. The van der Waals surface area contributed by atoms with Crippen molar-refractivity contribution in [2.45, 2.75) is 12.1 Å². The highest BCUT2D eigenvalue weighted by Gasteiger charge is 2.31. The predicted octanol–water partition coefficient (Wildman–Crippen LogP) is 4.33. The third-order valence-corrected chi connectivity index (χ3v) is 5.29. The molecule has 2 atom stereocenters. The van der Waals surface area contributed by atoms with Gasteiger partial charge < -0.3 is 11.1 Å². The van der Waals surface area contributed by atoms with E-state index in [1.165, 1.54) is 0 Å². The number of nitrogens with one attached hydrogen (secondary N) is 1. The van der Waals surface area contributed by atoms with Crippen molar-refractivity contribution in [3.63, 3.8) is 0 Å². The van der Waals surface area contributed by atoms with E-state index in [1.54, 1.807) is 78.9 Å². The van der Waals surface area contributed by atoms with E-state index in [0.29, 0.717) is 11.1 Å². The summed E-state index contributed by atoms with van der Waals surface area (Å²) in [4.78, 5) is 29.7. The lowest BCUT2D eigenvalue weighted by atomic mass is 9.98. The van der Waals surface area contributed by atoms with Gasteiger partial charge in [0.15, 0.2) is 0 Å². The molecule has 0 bridgehead atoms. The Labute approximate surface area is 195 Å². The summed E-state index contributed by atoms with van der Waals surface area (Å²) in [6.45, 7) is 0. The molecule has 0 saturated heterocycles. The zero-order chi connectivity index (χ0) is 23.1. The molecule has 0 fully saturated rings. The van der Waals surface area contributed by atoms with Crippen LogP contribution in [-0.2, 0) is 4.79 Å². The van der Waals surface area contributed by atoms with Gasteiger partial charge in [-0.3, -0.25) is 14.6 Å². The Morgan fingerprint density at radius 1 is 0.906 bits per heavy atom. The van der Waals surface area contributed by atoms with Crippen molar-refractivity contribution in [3.05, 3.63) is 106 Å². The van der Waals surface area contributed by atoms with Crippen LogP contribution in [0.25, 0.3) is 0 Å². The molecule has 0 aliphatic heterocycles. The molecular formula is C24H18Cl2N4O2. The molecule has 0 aliphatic carbocycles. The number of hydrogen-bond acceptors (Lipinski definition) is 4. The maximum absolute atomic E-state index is 12.8. The summed E-state index contributed by atoms with van der Waals surface area (Å²) >= 11 is 12.5. The van der Waals surface area contributed by atoms with E-state index in [4.69, 9.17) is 28.9 Å². The van der Waals surface area contributed by atoms with E-state index < -0.39 is 23.9 Å². The summed E-state index contributed by atoms with van der Waals surface area (Å²) < 4.78 is 0. The van der Waals surface area contributed by atoms with E-state index >= 15 is 0 Å². The van der Waals surface area contributed by atoms with Crippen LogP contribution in [0, 0.1) is 11.3 Å². The van der Waals surface area contributed by atoms with Crippen LogP contribution in [0.1, 0.15) is 27.5 Å². The minimum Gasteiger partial charge on any atom is -0.368 e. The zero-order valence-electron chi connectivity index (χ0n) is 16.7. The second kappa shape index (κ2) is 10.6. The number of nitriles is 1. The van der Waals surface area contributed by atoms with Crippen molar-refractivity contribution in [3.8, 4) is 6.07 Å². The number of carbonyl (C=O) groups excluding carboxylic acids is 2. The van der Waals surface area contributed by atoms with Crippen LogP contribution in [-0.4, -0.2) is 23.6 Å². The number of nitrogens with two attached hydrogens (primary N) is 1. The van der Waals surface area contributed by atoms with Gasteiger partial charge in [0.25, 0.3) is 5.91 Å². The molecule has 8 heteroatoms. The molecule has 0 heterocycles. The number of benzene rings is 3. The summed E-state index contributed by atoms with van der Waals surface area (Å²) in [5, 5.41) is 12.9. The fraction of sp³-hybridized carbons (Fsp3) is 0.0833. The lowest BCUT2D eigenvalue weighted by molar-refractivity contribution is -0.120. The summed E-state index contributed by atoms with van der Waals surface area (Å²) in [7, 11) is 0. The largest absolute Gasteiger partial charge is 0.368 e. The molecule has 0 radical (unpaired) electrons. The highest BCUT2D eigenvalue weighted by atomic mass is 35.5. The first kappa shape index (κ1) is 23.0. The summed E-state index contributed by atoms with van der Waals surface area (Å²) in [6, 6.07) is 21.7. The SMILES string of the molecule is N#CC(=N[C@H](c1ccccc1)[C@@H](NC(=O)c1ccccc1)C(N)=O)c1c(Cl)cccc1Cl. The van der Waals surface area contributed by atoms with E-state index in [0.717, 1.165) is 0 Å². The lowest BCUT2D eigenvalue weighted by Crippen LogP contribution is -2.48. The third-order valence-electron chi connectivity index (χ3n) is 4.66. The molecule has 0 spiro atoms. The molecule has 3 N–H and O–H groups in total. The fourth-order valence-electron chi connectivity index (χ4n) is 3.12. The molecule has 0 aromatic heterocycles. The van der Waals surface area contributed by atoms with Gasteiger partial charge in [0.1, 0.15) is 23.9 Å². The number of carbonyl (C=O) groups is 2. The first-order valence-electron chi connectivity index (χ1n) is 9.55. The maximum atomic E-state index is 12.8. The molecule has 160 valence electrons. The van der Waals surface area contributed by atoms with Crippen LogP contribution in [0.2, 0.25) is 10.0 Å². The van der Waals surface area contributed by atoms with Crippen LogP contribution in [0.15, 0.2) is 83.9 Å². The Balaban J connectivity index is 2.10. The van der Waals surface area contributed by atoms with Gasteiger partial charge in [-0.05, 0) is 29.8 Å². The van der Waals surface area contributed by atoms with Crippen molar-refractivity contribution >= 4 is 40.7 Å². The number of aliphatic imine (C=N–C) groups is 1. The second-order valence-corrected chi connectivity index (χ2v) is 7.58. The zero-order valence-corrected chi connectivity index (χ0v) is 18.2. The molecule has 0 saturated carbocycles. The van der Waals surface area contributed by atoms with Crippen molar-refractivity contribution in [1.29, 1.82) is 5.26 Å². The van der Waals surface area contributed by atoms with Crippen LogP contribution in [0.3, 0.4) is 0 Å². The quantitative estimate of drug-likeness (QED) is 0.507. The Bertz CT molecular complexity index is 1170. The minimum absolute atomic E-state index is 0.0883. The second-order valence-electron chi connectivity index (χ2n) is 6.76. The summed E-state index contributed by atoms with van der Waals surface area (Å²) in [5.41, 5.74) is 6.73.